The van der Waals surface area contributed by atoms with Gasteiger partial charge in [-0.15, -0.1) is 6.58 Å². The number of nitrogens with zero attached hydrogens (tertiary/aromatic N) is 1. The van der Waals surface area contributed by atoms with Gasteiger partial charge in [0.2, 0.25) is 17.6 Å². The second-order valence-electron chi connectivity index (χ2n) is 15.0. The molecule has 0 spiro atoms. The van der Waals surface area contributed by atoms with E-state index in [1.165, 1.54) is 6.08 Å². The molecule has 1 saturated heterocycles. The minimum atomic E-state index is -1.02. The maximum Gasteiger partial charge on any atom is 0.315 e. The van der Waals surface area contributed by atoms with Crippen molar-refractivity contribution in [1.82, 2.24) is 26.2 Å². The van der Waals surface area contributed by atoms with E-state index in [1.807, 2.05) is 52.0 Å². The van der Waals surface area contributed by atoms with Gasteiger partial charge in [0.1, 0.15) is 12.1 Å². The molecule has 1 heterocycles. The predicted molar refractivity (Wildman–Crippen MR) is 179 cm³/mol. The van der Waals surface area contributed by atoms with Gasteiger partial charge in [-0.1, -0.05) is 78.3 Å². The number of Topliss-reactive ketones (excluding diaryl/α,β-unsaturated/α-hetero) is 1. The maximum atomic E-state index is 14.6. The fraction of sp³-hybridized carbons (Fsp3) is 0.639. The first kappa shape index (κ1) is 36.1. The highest BCUT2D eigenvalue weighted by Crippen LogP contribution is 2.65. The summed E-state index contributed by atoms with van der Waals surface area (Å²) in [5, 5.41) is 11.4. The van der Waals surface area contributed by atoms with Gasteiger partial charge in [0.25, 0.3) is 5.91 Å². The molecule has 0 radical (unpaired) electrons. The Bertz CT molecular complexity index is 1340. The van der Waals surface area contributed by atoms with Crippen molar-refractivity contribution in [2.75, 3.05) is 26.8 Å². The Balaban J connectivity index is 1.60. The number of hydrogen-bond acceptors (Lipinski definition) is 6. The van der Waals surface area contributed by atoms with Crippen molar-refractivity contribution in [3.05, 3.63) is 48.0 Å². The number of rotatable bonds is 14. The minimum Gasteiger partial charge on any atom is -0.383 e. The summed E-state index contributed by atoms with van der Waals surface area (Å²) < 4.78 is 5.37. The van der Waals surface area contributed by atoms with Crippen LogP contribution in [-0.2, 0) is 36.8 Å². The first-order chi connectivity index (χ1) is 22.1. The maximum absolute atomic E-state index is 14.6. The minimum absolute atomic E-state index is 0.0978. The van der Waals surface area contributed by atoms with Gasteiger partial charge in [0.15, 0.2) is 0 Å². The number of fused-ring (bicyclic) bond motifs is 2. The molecule has 4 rings (SSSR count). The lowest BCUT2D eigenvalue weighted by molar-refractivity contribution is -0.144. The normalized spacial score (nSPS) is 23.0. The van der Waals surface area contributed by atoms with Gasteiger partial charge in [0, 0.05) is 20.2 Å². The Labute approximate surface area is 279 Å². The fourth-order valence-corrected chi connectivity index (χ4v) is 7.44. The van der Waals surface area contributed by atoms with Gasteiger partial charge in [0.05, 0.1) is 18.7 Å². The zero-order chi connectivity index (χ0) is 34.7. The Morgan fingerprint density at radius 2 is 1.70 bits per heavy atom. The topological polar surface area (TPSA) is 146 Å². The van der Waals surface area contributed by atoms with E-state index >= 15 is 0 Å². The predicted octanol–water partition coefficient (Wildman–Crippen LogP) is 2.77. The van der Waals surface area contributed by atoms with E-state index in [9.17, 15) is 24.0 Å². The molecule has 2 aliphatic carbocycles. The monoisotopic (exact) mass is 651 g/mol. The van der Waals surface area contributed by atoms with E-state index in [0.717, 1.165) is 11.1 Å². The molecule has 0 bridgehead atoms. The molecule has 258 valence electrons. The number of amides is 5. The van der Waals surface area contributed by atoms with Crippen LogP contribution in [0.5, 0.6) is 0 Å². The summed E-state index contributed by atoms with van der Waals surface area (Å²) in [6.45, 7) is 16.4. The van der Waals surface area contributed by atoms with E-state index < -0.39 is 41.8 Å². The van der Waals surface area contributed by atoms with E-state index in [4.69, 9.17) is 4.74 Å². The molecule has 11 heteroatoms. The van der Waals surface area contributed by atoms with Gasteiger partial charge in [-0.05, 0) is 59.0 Å². The van der Waals surface area contributed by atoms with Crippen LogP contribution in [0, 0.1) is 28.6 Å². The van der Waals surface area contributed by atoms with Gasteiger partial charge in [-0.3, -0.25) is 19.2 Å². The van der Waals surface area contributed by atoms with Crippen LogP contribution in [0.1, 0.15) is 65.5 Å². The van der Waals surface area contributed by atoms with Crippen LogP contribution >= 0.6 is 0 Å². The van der Waals surface area contributed by atoms with Crippen LogP contribution in [0.4, 0.5) is 4.79 Å². The summed E-state index contributed by atoms with van der Waals surface area (Å²) in [6, 6.07) is 4.51. The van der Waals surface area contributed by atoms with Crippen LogP contribution < -0.4 is 21.3 Å². The van der Waals surface area contributed by atoms with Gasteiger partial charge in [-0.2, -0.15) is 0 Å². The number of piperidine rings is 1. The van der Waals surface area contributed by atoms with Crippen molar-refractivity contribution in [3.63, 3.8) is 0 Å². The molecule has 1 aliphatic heterocycles. The van der Waals surface area contributed by atoms with E-state index in [1.54, 1.807) is 12.0 Å². The molecule has 47 heavy (non-hydrogen) atoms. The molecule has 1 aromatic carbocycles. The number of ketones is 1. The van der Waals surface area contributed by atoms with Crippen molar-refractivity contribution < 1.29 is 28.7 Å². The summed E-state index contributed by atoms with van der Waals surface area (Å²) in [5.41, 5.74) is 1.81. The first-order valence-corrected chi connectivity index (χ1v) is 16.8. The van der Waals surface area contributed by atoms with Gasteiger partial charge < -0.3 is 30.9 Å². The zero-order valence-corrected chi connectivity index (χ0v) is 29.0. The third-order valence-corrected chi connectivity index (χ3v) is 10.4. The first-order valence-electron chi connectivity index (χ1n) is 16.8. The highest BCUT2D eigenvalue weighted by molar-refractivity contribution is 6.38. The standard InChI is InChI=1S/C36H53N5O6/c1-9-13-25(30(42)32(44)37-16-10-2)38-31(43)29-27-24(36(27,6)7)19-41(29)33(45)28(23-17-21-14-11-12-15-22(21)18-23)40-34(46)39-26(20-47-8)35(3,4)5/h10-12,14-15,23-29H,2,9,13,16-20H2,1,3-8H3,(H,37,44)(H,38,43)(H2,39,40,46)/t24?,25?,26-,27?,28+,29+/m1/s1. The Morgan fingerprint density at radius 3 is 2.26 bits per heavy atom. The Kier molecular flexibility index (Phi) is 11.2. The van der Waals surface area contributed by atoms with Crippen LogP contribution in [0.3, 0.4) is 0 Å². The molecule has 3 unspecified atom stereocenters. The summed E-state index contributed by atoms with van der Waals surface area (Å²) >= 11 is 0. The summed E-state index contributed by atoms with van der Waals surface area (Å²) in [5.74, 6) is -2.51. The van der Waals surface area contributed by atoms with Gasteiger partial charge in [-0.25, -0.2) is 4.79 Å². The van der Waals surface area contributed by atoms with Crippen molar-refractivity contribution in [2.24, 2.45) is 28.6 Å². The number of urea groups is 1. The molecule has 3 aliphatic rings. The quantitative estimate of drug-likeness (QED) is 0.180. The van der Waals surface area contributed by atoms with Crippen molar-refractivity contribution in [3.8, 4) is 0 Å². The van der Waals surface area contributed by atoms with E-state index in [-0.39, 0.29) is 53.5 Å². The molecule has 1 saturated carbocycles. The molecule has 6 atom stereocenters. The van der Waals surface area contributed by atoms with Crippen molar-refractivity contribution >= 4 is 29.5 Å². The van der Waals surface area contributed by atoms with Crippen LogP contribution in [0.25, 0.3) is 0 Å². The fourth-order valence-electron chi connectivity index (χ4n) is 7.44. The number of benzene rings is 1. The van der Waals surface area contributed by atoms with E-state index in [2.05, 4.69) is 41.7 Å². The van der Waals surface area contributed by atoms with Crippen molar-refractivity contribution in [1.29, 1.82) is 0 Å². The molecule has 2 fully saturated rings. The molecule has 4 N–H and O–H groups in total. The summed E-state index contributed by atoms with van der Waals surface area (Å²) in [7, 11) is 1.58. The number of carbonyl (C=O) groups is 5. The third-order valence-electron chi connectivity index (χ3n) is 10.4. The SMILES string of the molecule is C=CCNC(=O)C(=O)C(CCC)NC(=O)[C@@H]1C2C(CN1C(=O)[C@@H](NC(=O)N[C@H](COC)C(C)(C)C)C1Cc3ccccc3C1)C2(C)C. The van der Waals surface area contributed by atoms with E-state index in [0.29, 0.717) is 32.4 Å². The van der Waals surface area contributed by atoms with Gasteiger partial charge >= 0.3 is 6.03 Å². The number of carbonyl (C=O) groups excluding carboxylic acids is 5. The average molecular weight is 652 g/mol. The number of nitrogens with one attached hydrogen (secondary N) is 4. The number of methoxy groups -OCH3 is 1. The highest BCUT2D eigenvalue weighted by Gasteiger charge is 2.69. The Morgan fingerprint density at radius 1 is 1.06 bits per heavy atom. The largest absolute Gasteiger partial charge is 0.383 e. The third kappa shape index (κ3) is 7.88. The smallest absolute Gasteiger partial charge is 0.315 e. The molecule has 5 amide bonds. The summed E-state index contributed by atoms with van der Waals surface area (Å²) in [6.07, 6.45) is 3.56. The lowest BCUT2D eigenvalue weighted by Gasteiger charge is -2.36. The Hall–Kier alpha value is -3.73. The number of likely N-dealkylation sites (tertiary alicyclic amines) is 1. The lowest BCUT2D eigenvalue weighted by Crippen LogP contribution is -2.61. The van der Waals surface area contributed by atoms with Crippen LogP contribution in [0.2, 0.25) is 0 Å². The second-order valence-corrected chi connectivity index (χ2v) is 15.0. The summed E-state index contributed by atoms with van der Waals surface area (Å²) in [4.78, 5) is 69.4. The molecular formula is C36H53N5O6. The number of ether oxygens (including phenoxy) is 1. The lowest BCUT2D eigenvalue weighted by atomic mass is 9.87. The molecule has 1 aromatic rings. The zero-order valence-electron chi connectivity index (χ0n) is 29.0. The second kappa shape index (κ2) is 14.6. The highest BCUT2D eigenvalue weighted by atomic mass is 16.5. The molecular weight excluding hydrogens is 598 g/mol. The van der Waals surface area contributed by atoms with Crippen molar-refractivity contribution in [2.45, 2.75) is 91.4 Å². The van der Waals surface area contributed by atoms with Crippen LogP contribution in [-0.4, -0.2) is 85.4 Å². The number of hydrogen-bond donors (Lipinski definition) is 4. The van der Waals surface area contributed by atoms with Crippen LogP contribution in [0.15, 0.2) is 36.9 Å². The molecule has 11 nitrogen and oxygen atoms in total. The molecule has 0 aromatic heterocycles. The average Bonchev–Trinajstić information content (AvgIpc) is 3.37.